The molecule has 1 atom stereocenters. The number of hydrogen-bond acceptors (Lipinski definition) is 2. The van der Waals surface area contributed by atoms with Gasteiger partial charge in [-0.3, -0.25) is 0 Å². The quantitative estimate of drug-likeness (QED) is 0.883. The van der Waals surface area contributed by atoms with E-state index in [4.69, 9.17) is 4.42 Å². The third-order valence-electron chi connectivity index (χ3n) is 2.89. The highest BCUT2D eigenvalue weighted by Crippen LogP contribution is 2.31. The van der Waals surface area contributed by atoms with E-state index in [2.05, 4.69) is 5.32 Å². The van der Waals surface area contributed by atoms with Crippen molar-refractivity contribution in [3.8, 4) is 0 Å². The molecule has 2 rings (SSSR count). The van der Waals surface area contributed by atoms with Gasteiger partial charge in [-0.15, -0.1) is 0 Å². The van der Waals surface area contributed by atoms with Crippen molar-refractivity contribution >= 4 is 11.0 Å². The number of hydrogen-bond donors (Lipinski definition) is 1. The van der Waals surface area contributed by atoms with Crippen molar-refractivity contribution in [1.29, 1.82) is 0 Å². The average molecular weight is 239 g/mol. The van der Waals surface area contributed by atoms with Gasteiger partial charge in [0.15, 0.2) is 0 Å². The van der Waals surface area contributed by atoms with Gasteiger partial charge in [-0.2, -0.15) is 0 Å². The molecular weight excluding hydrogens is 224 g/mol. The molecule has 0 amide bonds. The Kier molecular flexibility index (Phi) is 3.15. The summed E-state index contributed by atoms with van der Waals surface area (Å²) < 4.78 is 32.3. The molecule has 2 aromatic rings. The van der Waals surface area contributed by atoms with Crippen LogP contribution in [-0.2, 0) is 0 Å². The van der Waals surface area contributed by atoms with E-state index < -0.39 is 11.6 Å². The smallest absolute Gasteiger partial charge is 0.140 e. The molecule has 0 aliphatic carbocycles. The summed E-state index contributed by atoms with van der Waals surface area (Å²) in [5.41, 5.74) is 0.991. The number of benzene rings is 1. The van der Waals surface area contributed by atoms with E-state index in [-0.39, 0.29) is 11.6 Å². The first kappa shape index (κ1) is 12.0. The van der Waals surface area contributed by atoms with Crippen LogP contribution in [0, 0.1) is 18.6 Å². The fraction of sp³-hybridized carbons (Fsp3) is 0.385. The summed E-state index contributed by atoms with van der Waals surface area (Å²) in [7, 11) is 0. The Morgan fingerprint density at radius 3 is 2.71 bits per heavy atom. The van der Waals surface area contributed by atoms with Gasteiger partial charge in [-0.05, 0) is 20.4 Å². The fourth-order valence-electron chi connectivity index (χ4n) is 2.12. The van der Waals surface area contributed by atoms with Crippen molar-refractivity contribution < 1.29 is 13.2 Å². The van der Waals surface area contributed by atoms with Crippen LogP contribution in [0.4, 0.5) is 8.78 Å². The molecule has 1 heterocycles. The standard InChI is InChI=1S/C13H15F2NO/c1-4-16-8(3)13-7(2)12-10(15)5-9(14)6-11(12)17-13/h5-6,8,16H,4H2,1-3H3. The van der Waals surface area contributed by atoms with Crippen LogP contribution < -0.4 is 5.32 Å². The molecule has 4 heteroatoms. The molecule has 1 aromatic carbocycles. The molecule has 0 aliphatic heterocycles. The van der Waals surface area contributed by atoms with Crippen molar-refractivity contribution in [2.24, 2.45) is 0 Å². The highest BCUT2D eigenvalue weighted by Gasteiger charge is 2.19. The fourth-order valence-corrected chi connectivity index (χ4v) is 2.12. The van der Waals surface area contributed by atoms with Gasteiger partial charge in [0, 0.05) is 17.7 Å². The third kappa shape index (κ3) is 2.05. The van der Waals surface area contributed by atoms with E-state index in [1.165, 1.54) is 6.07 Å². The topological polar surface area (TPSA) is 25.2 Å². The summed E-state index contributed by atoms with van der Waals surface area (Å²) in [5, 5.41) is 3.55. The summed E-state index contributed by atoms with van der Waals surface area (Å²) >= 11 is 0. The SMILES string of the molecule is CCNC(C)c1oc2cc(F)cc(F)c2c1C. The lowest BCUT2D eigenvalue weighted by atomic mass is 10.1. The summed E-state index contributed by atoms with van der Waals surface area (Å²) in [5.74, 6) is -0.533. The maximum atomic E-state index is 13.7. The van der Waals surface area contributed by atoms with E-state index >= 15 is 0 Å². The number of aryl methyl sites for hydroxylation is 1. The van der Waals surface area contributed by atoms with E-state index in [9.17, 15) is 8.78 Å². The second kappa shape index (κ2) is 4.45. The van der Waals surface area contributed by atoms with E-state index in [1.54, 1.807) is 6.92 Å². The Hall–Kier alpha value is -1.42. The minimum Gasteiger partial charge on any atom is -0.459 e. The predicted octanol–water partition coefficient (Wildman–Crippen LogP) is 3.69. The largest absolute Gasteiger partial charge is 0.459 e. The van der Waals surface area contributed by atoms with Crippen LogP contribution >= 0.6 is 0 Å². The summed E-state index contributed by atoms with van der Waals surface area (Å²) in [6.07, 6.45) is 0. The van der Waals surface area contributed by atoms with Gasteiger partial charge in [0.05, 0.1) is 11.4 Å². The number of furan rings is 1. The maximum Gasteiger partial charge on any atom is 0.140 e. The van der Waals surface area contributed by atoms with Crippen LogP contribution in [0.15, 0.2) is 16.5 Å². The summed E-state index contributed by atoms with van der Waals surface area (Å²) in [6, 6.07) is 2.08. The Morgan fingerprint density at radius 2 is 2.06 bits per heavy atom. The van der Waals surface area contributed by atoms with Gasteiger partial charge in [0.2, 0.25) is 0 Å². The van der Waals surface area contributed by atoms with E-state index in [0.717, 1.165) is 18.2 Å². The molecule has 17 heavy (non-hydrogen) atoms. The monoisotopic (exact) mass is 239 g/mol. The predicted molar refractivity (Wildman–Crippen MR) is 63.0 cm³/mol. The second-order valence-electron chi connectivity index (χ2n) is 4.13. The number of nitrogens with one attached hydrogen (secondary N) is 1. The zero-order valence-corrected chi connectivity index (χ0v) is 10.1. The Balaban J connectivity index is 2.60. The molecule has 0 bridgehead atoms. The molecule has 0 spiro atoms. The lowest BCUT2D eigenvalue weighted by Crippen LogP contribution is -2.17. The second-order valence-corrected chi connectivity index (χ2v) is 4.13. The first-order chi connectivity index (χ1) is 8.04. The summed E-state index contributed by atoms with van der Waals surface area (Å²) in [6.45, 7) is 6.49. The van der Waals surface area contributed by atoms with Crippen molar-refractivity contribution in [3.05, 3.63) is 35.1 Å². The average Bonchev–Trinajstić information content (AvgIpc) is 2.56. The Morgan fingerprint density at radius 1 is 1.35 bits per heavy atom. The van der Waals surface area contributed by atoms with Gasteiger partial charge < -0.3 is 9.73 Å². The first-order valence-corrected chi connectivity index (χ1v) is 5.66. The molecule has 0 fully saturated rings. The minimum absolute atomic E-state index is 0.0186. The molecular formula is C13H15F2NO. The Bertz CT molecular complexity index is 548. The third-order valence-corrected chi connectivity index (χ3v) is 2.89. The van der Waals surface area contributed by atoms with Gasteiger partial charge >= 0.3 is 0 Å². The van der Waals surface area contributed by atoms with Crippen molar-refractivity contribution in [2.75, 3.05) is 6.54 Å². The van der Waals surface area contributed by atoms with E-state index in [1.807, 2.05) is 13.8 Å². The van der Waals surface area contributed by atoms with Crippen molar-refractivity contribution in [3.63, 3.8) is 0 Å². The zero-order valence-electron chi connectivity index (χ0n) is 10.1. The molecule has 1 aromatic heterocycles. The molecule has 92 valence electrons. The Labute approximate surface area is 98.6 Å². The normalized spacial score (nSPS) is 13.2. The first-order valence-electron chi connectivity index (χ1n) is 5.66. The van der Waals surface area contributed by atoms with Crippen molar-refractivity contribution in [2.45, 2.75) is 26.8 Å². The van der Waals surface area contributed by atoms with Crippen LogP contribution in [0.2, 0.25) is 0 Å². The van der Waals surface area contributed by atoms with E-state index in [0.29, 0.717) is 11.1 Å². The molecule has 2 nitrogen and oxygen atoms in total. The molecule has 0 saturated carbocycles. The molecule has 0 aliphatic rings. The lowest BCUT2D eigenvalue weighted by Gasteiger charge is -2.09. The molecule has 0 radical (unpaired) electrons. The molecule has 1 unspecified atom stereocenters. The molecule has 1 N–H and O–H groups in total. The van der Waals surface area contributed by atoms with Gasteiger partial charge in [-0.1, -0.05) is 6.92 Å². The van der Waals surface area contributed by atoms with Crippen LogP contribution in [-0.4, -0.2) is 6.54 Å². The lowest BCUT2D eigenvalue weighted by molar-refractivity contribution is 0.455. The van der Waals surface area contributed by atoms with Gasteiger partial charge in [-0.25, -0.2) is 8.78 Å². The highest BCUT2D eigenvalue weighted by atomic mass is 19.1. The highest BCUT2D eigenvalue weighted by molar-refractivity contribution is 5.82. The number of halogens is 2. The molecule has 0 saturated heterocycles. The van der Waals surface area contributed by atoms with Crippen LogP contribution in [0.5, 0.6) is 0 Å². The van der Waals surface area contributed by atoms with Crippen LogP contribution in [0.3, 0.4) is 0 Å². The van der Waals surface area contributed by atoms with Crippen LogP contribution in [0.1, 0.15) is 31.2 Å². The summed E-state index contributed by atoms with van der Waals surface area (Å²) in [4.78, 5) is 0. The number of fused-ring (bicyclic) bond motifs is 1. The zero-order chi connectivity index (χ0) is 12.6. The van der Waals surface area contributed by atoms with Gasteiger partial charge in [0.1, 0.15) is 23.0 Å². The van der Waals surface area contributed by atoms with Crippen molar-refractivity contribution in [1.82, 2.24) is 5.32 Å². The maximum absolute atomic E-state index is 13.7. The number of rotatable bonds is 3. The minimum atomic E-state index is -0.619. The van der Waals surface area contributed by atoms with Gasteiger partial charge in [0.25, 0.3) is 0 Å². The van der Waals surface area contributed by atoms with Crippen LogP contribution in [0.25, 0.3) is 11.0 Å².